The minimum Gasteiger partial charge on any atom is -0.384 e. The van der Waals surface area contributed by atoms with Gasteiger partial charge in [0.1, 0.15) is 5.82 Å². The Morgan fingerprint density at radius 2 is 2.00 bits per heavy atom. The molecule has 0 aliphatic carbocycles. The Labute approximate surface area is 140 Å². The van der Waals surface area contributed by atoms with Gasteiger partial charge in [-0.1, -0.05) is 18.2 Å². The zero-order valence-corrected chi connectivity index (χ0v) is 13.4. The summed E-state index contributed by atoms with van der Waals surface area (Å²) in [5, 5.41) is 1.07. The molecule has 0 saturated heterocycles. The molecule has 2 N–H and O–H groups in total. The predicted octanol–water partition coefficient (Wildman–Crippen LogP) is 2.88. The SMILES string of the molecule is CN(Cc1cnc2ccccc2c1)C(=O)/C=C/c1ccc(N)nc1. The van der Waals surface area contributed by atoms with E-state index in [1.165, 1.54) is 6.08 Å². The van der Waals surface area contributed by atoms with Crippen molar-refractivity contribution >= 4 is 28.7 Å². The third-order valence-corrected chi connectivity index (χ3v) is 3.67. The van der Waals surface area contributed by atoms with Crippen molar-refractivity contribution < 1.29 is 4.79 Å². The van der Waals surface area contributed by atoms with Crippen LogP contribution in [0.4, 0.5) is 5.82 Å². The lowest BCUT2D eigenvalue weighted by molar-refractivity contribution is -0.125. The molecule has 2 aromatic heterocycles. The van der Waals surface area contributed by atoms with Gasteiger partial charge in [-0.15, -0.1) is 0 Å². The van der Waals surface area contributed by atoms with E-state index in [-0.39, 0.29) is 5.91 Å². The highest BCUT2D eigenvalue weighted by atomic mass is 16.2. The van der Waals surface area contributed by atoms with Gasteiger partial charge in [-0.3, -0.25) is 9.78 Å². The van der Waals surface area contributed by atoms with Crippen LogP contribution in [0, 0.1) is 0 Å². The number of nitrogens with two attached hydrogens (primary N) is 1. The van der Waals surface area contributed by atoms with Crippen LogP contribution in [-0.2, 0) is 11.3 Å². The first kappa shape index (κ1) is 15.7. The van der Waals surface area contributed by atoms with Crippen LogP contribution in [0.3, 0.4) is 0 Å². The zero-order valence-electron chi connectivity index (χ0n) is 13.4. The average molecular weight is 318 g/mol. The van der Waals surface area contributed by atoms with Gasteiger partial charge in [-0.25, -0.2) is 4.98 Å². The predicted molar refractivity (Wildman–Crippen MR) is 95.9 cm³/mol. The minimum absolute atomic E-state index is 0.0833. The molecule has 0 aliphatic rings. The first-order chi connectivity index (χ1) is 11.6. The lowest BCUT2D eigenvalue weighted by atomic mass is 10.1. The Hall–Kier alpha value is -3.21. The lowest BCUT2D eigenvalue weighted by Gasteiger charge is -2.15. The maximum Gasteiger partial charge on any atom is 0.246 e. The molecule has 3 rings (SSSR count). The Kier molecular flexibility index (Phi) is 4.52. The van der Waals surface area contributed by atoms with E-state index >= 15 is 0 Å². The van der Waals surface area contributed by atoms with Gasteiger partial charge < -0.3 is 10.6 Å². The summed E-state index contributed by atoms with van der Waals surface area (Å²) in [5.41, 5.74) is 8.31. The second-order valence-corrected chi connectivity index (χ2v) is 5.58. The fraction of sp³-hybridized carbons (Fsp3) is 0.105. The number of carbonyl (C=O) groups excluding carboxylic acids is 1. The number of carbonyl (C=O) groups is 1. The van der Waals surface area contributed by atoms with Crippen LogP contribution in [0.5, 0.6) is 0 Å². The van der Waals surface area contributed by atoms with Crippen molar-refractivity contribution in [2.45, 2.75) is 6.54 Å². The van der Waals surface area contributed by atoms with Crippen molar-refractivity contribution in [2.75, 3.05) is 12.8 Å². The third kappa shape index (κ3) is 3.76. The summed E-state index contributed by atoms with van der Waals surface area (Å²) < 4.78 is 0. The molecular weight excluding hydrogens is 300 g/mol. The lowest BCUT2D eigenvalue weighted by Crippen LogP contribution is -2.24. The van der Waals surface area contributed by atoms with Crippen LogP contribution < -0.4 is 5.73 Å². The number of hydrogen-bond donors (Lipinski definition) is 1. The van der Waals surface area contributed by atoms with E-state index in [4.69, 9.17) is 5.73 Å². The summed E-state index contributed by atoms with van der Waals surface area (Å²) in [6, 6.07) is 13.5. The summed E-state index contributed by atoms with van der Waals surface area (Å²) >= 11 is 0. The van der Waals surface area contributed by atoms with Crippen LogP contribution in [0.15, 0.2) is 60.9 Å². The van der Waals surface area contributed by atoms with E-state index in [2.05, 4.69) is 16.0 Å². The van der Waals surface area contributed by atoms with E-state index in [0.717, 1.165) is 22.0 Å². The number of para-hydroxylation sites is 1. The number of anilines is 1. The van der Waals surface area contributed by atoms with Crippen molar-refractivity contribution in [1.82, 2.24) is 14.9 Å². The van der Waals surface area contributed by atoms with E-state index in [1.54, 1.807) is 36.5 Å². The number of benzene rings is 1. The van der Waals surface area contributed by atoms with Crippen LogP contribution in [0.25, 0.3) is 17.0 Å². The first-order valence-electron chi connectivity index (χ1n) is 7.60. The van der Waals surface area contributed by atoms with Crippen LogP contribution in [0.1, 0.15) is 11.1 Å². The van der Waals surface area contributed by atoms with Gasteiger partial charge in [-0.2, -0.15) is 0 Å². The Balaban J connectivity index is 1.67. The number of fused-ring (bicyclic) bond motifs is 1. The van der Waals surface area contributed by atoms with Gasteiger partial charge in [0.05, 0.1) is 5.52 Å². The standard InChI is InChI=1S/C19H18N4O/c1-23(19(24)9-7-14-6-8-18(20)22-11-14)13-15-10-16-4-2-3-5-17(16)21-12-15/h2-12H,13H2,1H3,(H2,20,22)/b9-7+. The maximum atomic E-state index is 12.2. The number of nitrogens with zero attached hydrogens (tertiary/aromatic N) is 3. The molecule has 1 aromatic carbocycles. The molecule has 5 nitrogen and oxygen atoms in total. The monoisotopic (exact) mass is 318 g/mol. The summed E-state index contributed by atoms with van der Waals surface area (Å²) in [5.74, 6) is 0.374. The van der Waals surface area contributed by atoms with Gasteiger partial charge in [0, 0.05) is 37.4 Å². The Morgan fingerprint density at radius 3 is 2.79 bits per heavy atom. The summed E-state index contributed by atoms with van der Waals surface area (Å²) in [6.07, 6.45) is 6.69. The van der Waals surface area contributed by atoms with E-state index in [9.17, 15) is 4.79 Å². The number of pyridine rings is 2. The highest BCUT2D eigenvalue weighted by Crippen LogP contribution is 2.14. The van der Waals surface area contributed by atoms with Crippen LogP contribution >= 0.6 is 0 Å². The normalized spacial score (nSPS) is 11.0. The second kappa shape index (κ2) is 6.91. The second-order valence-electron chi connectivity index (χ2n) is 5.58. The van der Waals surface area contributed by atoms with Crippen LogP contribution in [-0.4, -0.2) is 27.8 Å². The van der Waals surface area contributed by atoms with Crippen LogP contribution in [0.2, 0.25) is 0 Å². The molecule has 0 atom stereocenters. The van der Waals surface area contributed by atoms with Crippen molar-refractivity contribution in [1.29, 1.82) is 0 Å². The number of likely N-dealkylation sites (N-methyl/N-ethyl adjacent to an activating group) is 1. The van der Waals surface area contributed by atoms with Crippen molar-refractivity contribution in [3.8, 4) is 0 Å². The van der Waals surface area contributed by atoms with Gasteiger partial charge in [0.25, 0.3) is 0 Å². The molecule has 1 amide bonds. The molecule has 0 bridgehead atoms. The Bertz CT molecular complexity index is 887. The van der Waals surface area contributed by atoms with E-state index in [0.29, 0.717) is 12.4 Å². The quantitative estimate of drug-likeness (QED) is 0.751. The number of nitrogen functional groups attached to an aromatic ring is 1. The van der Waals surface area contributed by atoms with Gasteiger partial charge in [0.2, 0.25) is 5.91 Å². The molecule has 0 radical (unpaired) electrons. The number of aromatic nitrogens is 2. The average Bonchev–Trinajstić information content (AvgIpc) is 2.61. The Morgan fingerprint density at radius 1 is 1.17 bits per heavy atom. The topological polar surface area (TPSA) is 72.1 Å². The molecule has 24 heavy (non-hydrogen) atoms. The number of amides is 1. The van der Waals surface area contributed by atoms with Crippen molar-refractivity contribution in [3.05, 3.63) is 72.1 Å². The first-order valence-corrected chi connectivity index (χ1v) is 7.60. The molecule has 0 fully saturated rings. The van der Waals surface area contributed by atoms with Gasteiger partial charge in [0.15, 0.2) is 0 Å². The minimum atomic E-state index is -0.0833. The fourth-order valence-corrected chi connectivity index (χ4v) is 2.36. The largest absolute Gasteiger partial charge is 0.384 e. The number of hydrogen-bond acceptors (Lipinski definition) is 4. The van der Waals surface area contributed by atoms with Crippen molar-refractivity contribution in [2.24, 2.45) is 0 Å². The smallest absolute Gasteiger partial charge is 0.246 e. The number of rotatable bonds is 4. The van der Waals surface area contributed by atoms with Gasteiger partial charge in [-0.05, 0) is 41.5 Å². The fourth-order valence-electron chi connectivity index (χ4n) is 2.36. The molecule has 0 unspecified atom stereocenters. The molecule has 0 aliphatic heterocycles. The summed E-state index contributed by atoms with van der Waals surface area (Å²) in [4.78, 5) is 22.3. The molecule has 2 heterocycles. The molecule has 0 spiro atoms. The molecule has 0 saturated carbocycles. The zero-order chi connectivity index (χ0) is 16.9. The summed E-state index contributed by atoms with van der Waals surface area (Å²) in [7, 11) is 1.77. The molecule has 120 valence electrons. The summed E-state index contributed by atoms with van der Waals surface area (Å²) in [6.45, 7) is 0.501. The molecular formula is C19H18N4O. The van der Waals surface area contributed by atoms with Gasteiger partial charge >= 0.3 is 0 Å². The maximum absolute atomic E-state index is 12.2. The van der Waals surface area contributed by atoms with E-state index in [1.807, 2.05) is 30.3 Å². The highest BCUT2D eigenvalue weighted by molar-refractivity contribution is 5.91. The molecule has 5 heteroatoms. The third-order valence-electron chi connectivity index (χ3n) is 3.67. The van der Waals surface area contributed by atoms with E-state index < -0.39 is 0 Å². The molecule has 3 aromatic rings. The highest BCUT2D eigenvalue weighted by Gasteiger charge is 2.07. The van der Waals surface area contributed by atoms with Crippen molar-refractivity contribution in [3.63, 3.8) is 0 Å².